The second kappa shape index (κ2) is 13.9. The van der Waals surface area contributed by atoms with Gasteiger partial charge in [-0.05, 0) is 97.2 Å². The molecular formula is C33H37NO5S. The van der Waals surface area contributed by atoms with Gasteiger partial charge in [-0.25, -0.2) is 0 Å². The molecule has 0 saturated carbocycles. The molecule has 2 heterocycles. The van der Waals surface area contributed by atoms with Crippen LogP contribution >= 0.6 is 11.3 Å². The fourth-order valence-electron chi connectivity index (χ4n) is 5.19. The lowest BCUT2D eigenvalue weighted by molar-refractivity contribution is -0.0803. The maximum Gasteiger partial charge on any atom is 0.154 e. The Morgan fingerprint density at radius 2 is 1.80 bits per heavy atom. The highest BCUT2D eigenvalue weighted by Crippen LogP contribution is 2.41. The van der Waals surface area contributed by atoms with Crippen molar-refractivity contribution in [3.05, 3.63) is 83.4 Å². The quantitative estimate of drug-likeness (QED) is 0.107. The number of hydrogen-bond donors (Lipinski definition) is 1. The smallest absolute Gasteiger partial charge is 0.154 e. The lowest BCUT2D eigenvalue weighted by Crippen LogP contribution is -2.25. The van der Waals surface area contributed by atoms with Crippen LogP contribution in [0, 0.1) is 0 Å². The number of ether oxygens (including phenoxy) is 3. The van der Waals surface area contributed by atoms with Gasteiger partial charge in [0.1, 0.15) is 18.1 Å². The number of thiophene rings is 1. The predicted molar refractivity (Wildman–Crippen MR) is 161 cm³/mol. The van der Waals surface area contributed by atoms with Gasteiger partial charge in [-0.2, -0.15) is 0 Å². The molecule has 1 unspecified atom stereocenters. The van der Waals surface area contributed by atoms with Crippen LogP contribution in [0.1, 0.15) is 47.2 Å². The van der Waals surface area contributed by atoms with Gasteiger partial charge in [0.2, 0.25) is 0 Å². The first kappa shape index (κ1) is 28.3. The standard InChI is InChI=1S/C33H37NO5S/c1-37-32(36)9-6-19-39-30-15-12-25(22-26(30)23-35)33-29(28-7-2-3-8-31(28)40-33)21-24-10-13-27(14-11-24)38-20-18-34-16-4-5-17-34/h2-3,7-8,10-15,22-23,32,36H,4-6,9,16-21H2,1H3. The number of carbonyl (C=O) groups excluding carboxylic acids is 1. The zero-order valence-electron chi connectivity index (χ0n) is 23.0. The SMILES string of the molecule is COC(O)CCCOc1ccc(-c2sc3ccccc3c2Cc2ccc(OCCN3CCCC3)cc2)cc1C=O. The molecule has 0 radical (unpaired) electrons. The number of rotatable bonds is 14. The lowest BCUT2D eigenvalue weighted by Gasteiger charge is -2.15. The Hall–Kier alpha value is -3.23. The number of hydrogen-bond acceptors (Lipinski definition) is 7. The second-order valence-corrected chi connectivity index (χ2v) is 11.2. The first-order valence-corrected chi connectivity index (χ1v) is 14.8. The summed E-state index contributed by atoms with van der Waals surface area (Å²) in [5.41, 5.74) is 3.99. The summed E-state index contributed by atoms with van der Waals surface area (Å²) in [4.78, 5) is 15.6. The van der Waals surface area contributed by atoms with E-state index in [-0.39, 0.29) is 0 Å². The predicted octanol–water partition coefficient (Wildman–Crippen LogP) is 6.57. The van der Waals surface area contributed by atoms with E-state index in [4.69, 9.17) is 14.2 Å². The summed E-state index contributed by atoms with van der Waals surface area (Å²) in [7, 11) is 1.47. The van der Waals surface area contributed by atoms with Crippen LogP contribution in [-0.2, 0) is 11.2 Å². The number of methoxy groups -OCH3 is 1. The molecule has 4 aromatic rings. The molecule has 1 aliphatic rings. The van der Waals surface area contributed by atoms with E-state index in [0.29, 0.717) is 37.4 Å². The highest BCUT2D eigenvalue weighted by Gasteiger charge is 2.17. The lowest BCUT2D eigenvalue weighted by atomic mass is 9.98. The summed E-state index contributed by atoms with van der Waals surface area (Å²) < 4.78 is 18.0. The monoisotopic (exact) mass is 559 g/mol. The summed E-state index contributed by atoms with van der Waals surface area (Å²) in [6.45, 7) is 4.46. The minimum Gasteiger partial charge on any atom is -0.493 e. The molecule has 3 aromatic carbocycles. The number of likely N-dealkylation sites (tertiary alicyclic amines) is 1. The zero-order valence-corrected chi connectivity index (χ0v) is 23.8. The average Bonchev–Trinajstić information content (AvgIpc) is 3.64. The largest absolute Gasteiger partial charge is 0.493 e. The van der Waals surface area contributed by atoms with Crippen molar-refractivity contribution in [3.8, 4) is 21.9 Å². The molecule has 1 saturated heterocycles. The van der Waals surface area contributed by atoms with Gasteiger partial charge < -0.3 is 19.3 Å². The number of carbonyl (C=O) groups is 1. The number of fused-ring (bicyclic) bond motifs is 1. The molecule has 1 N–H and O–H groups in total. The molecule has 0 aliphatic carbocycles. The van der Waals surface area contributed by atoms with Crippen LogP contribution in [0.25, 0.3) is 20.5 Å². The van der Waals surface area contributed by atoms with E-state index in [2.05, 4.69) is 53.4 Å². The van der Waals surface area contributed by atoms with E-state index < -0.39 is 6.29 Å². The van der Waals surface area contributed by atoms with Gasteiger partial charge in [-0.3, -0.25) is 9.69 Å². The van der Waals surface area contributed by atoms with Crippen molar-refractivity contribution in [2.24, 2.45) is 0 Å². The van der Waals surface area contributed by atoms with Crippen molar-refractivity contribution in [1.82, 2.24) is 4.90 Å². The molecule has 0 spiro atoms. The Morgan fingerprint density at radius 1 is 1.00 bits per heavy atom. The highest BCUT2D eigenvalue weighted by molar-refractivity contribution is 7.22. The Labute approximate surface area is 240 Å². The molecule has 1 aliphatic heterocycles. The van der Waals surface area contributed by atoms with Crippen molar-refractivity contribution in [2.45, 2.75) is 38.4 Å². The van der Waals surface area contributed by atoms with E-state index in [1.54, 1.807) is 11.3 Å². The first-order valence-electron chi connectivity index (χ1n) is 14.0. The van der Waals surface area contributed by atoms with Crippen molar-refractivity contribution < 1.29 is 24.1 Å². The van der Waals surface area contributed by atoms with Gasteiger partial charge >= 0.3 is 0 Å². The summed E-state index contributed by atoms with van der Waals surface area (Å²) in [5, 5.41) is 10.8. The summed E-state index contributed by atoms with van der Waals surface area (Å²) in [5.74, 6) is 1.45. The van der Waals surface area contributed by atoms with Crippen molar-refractivity contribution in [2.75, 3.05) is 40.0 Å². The molecule has 6 nitrogen and oxygen atoms in total. The summed E-state index contributed by atoms with van der Waals surface area (Å²) in [6, 6.07) is 22.7. The highest BCUT2D eigenvalue weighted by atomic mass is 32.1. The van der Waals surface area contributed by atoms with Crippen LogP contribution in [-0.4, -0.2) is 62.5 Å². The Balaban J connectivity index is 1.31. The molecule has 40 heavy (non-hydrogen) atoms. The van der Waals surface area contributed by atoms with Crippen molar-refractivity contribution in [3.63, 3.8) is 0 Å². The van der Waals surface area contributed by atoms with Crippen LogP contribution in [0.3, 0.4) is 0 Å². The molecule has 1 atom stereocenters. The third kappa shape index (κ3) is 7.09. The molecule has 210 valence electrons. The Bertz CT molecular complexity index is 1390. The zero-order chi connectivity index (χ0) is 27.7. The van der Waals surface area contributed by atoms with Crippen LogP contribution in [0.15, 0.2) is 66.7 Å². The molecular weight excluding hydrogens is 522 g/mol. The van der Waals surface area contributed by atoms with E-state index in [0.717, 1.165) is 35.4 Å². The van der Waals surface area contributed by atoms with Gasteiger partial charge in [-0.1, -0.05) is 30.3 Å². The van der Waals surface area contributed by atoms with Gasteiger partial charge in [0.05, 0.1) is 12.2 Å². The molecule has 0 bridgehead atoms. The first-order chi connectivity index (χ1) is 19.6. The number of nitrogens with zero attached hydrogens (tertiary/aromatic N) is 1. The Morgan fingerprint density at radius 3 is 2.58 bits per heavy atom. The van der Waals surface area contributed by atoms with E-state index in [1.165, 1.54) is 54.3 Å². The third-order valence-corrected chi connectivity index (χ3v) is 8.66. The molecule has 5 rings (SSSR count). The van der Waals surface area contributed by atoms with Crippen LogP contribution in [0.4, 0.5) is 0 Å². The number of aldehydes is 1. The topological polar surface area (TPSA) is 68.2 Å². The van der Waals surface area contributed by atoms with Crippen LogP contribution < -0.4 is 9.47 Å². The number of aliphatic hydroxyl groups excluding tert-OH is 1. The van der Waals surface area contributed by atoms with Gasteiger partial charge in [0.25, 0.3) is 0 Å². The molecule has 1 fully saturated rings. The van der Waals surface area contributed by atoms with E-state index >= 15 is 0 Å². The summed E-state index contributed by atoms with van der Waals surface area (Å²) in [6.07, 6.45) is 4.51. The number of aliphatic hydroxyl groups is 1. The van der Waals surface area contributed by atoms with E-state index in [9.17, 15) is 9.90 Å². The Kier molecular flexibility index (Phi) is 9.84. The van der Waals surface area contributed by atoms with Crippen LogP contribution in [0.2, 0.25) is 0 Å². The van der Waals surface area contributed by atoms with Crippen molar-refractivity contribution >= 4 is 27.7 Å². The molecule has 1 aromatic heterocycles. The van der Waals surface area contributed by atoms with Crippen molar-refractivity contribution in [1.29, 1.82) is 0 Å². The minimum atomic E-state index is -0.800. The van der Waals surface area contributed by atoms with Gasteiger partial charge in [0.15, 0.2) is 12.6 Å². The molecule has 0 amide bonds. The maximum atomic E-state index is 12.0. The maximum absolute atomic E-state index is 12.0. The normalized spacial score (nSPS) is 14.4. The second-order valence-electron chi connectivity index (χ2n) is 10.2. The van der Waals surface area contributed by atoms with Crippen LogP contribution in [0.5, 0.6) is 11.5 Å². The fourth-order valence-corrected chi connectivity index (χ4v) is 6.40. The minimum absolute atomic E-state index is 0.396. The fraction of sp³-hybridized carbons (Fsp3) is 0.364. The molecule has 7 heteroatoms. The van der Waals surface area contributed by atoms with Gasteiger partial charge in [-0.15, -0.1) is 11.3 Å². The average molecular weight is 560 g/mol. The number of benzene rings is 3. The van der Waals surface area contributed by atoms with E-state index in [1.807, 2.05) is 18.2 Å². The summed E-state index contributed by atoms with van der Waals surface area (Å²) >= 11 is 1.75. The third-order valence-electron chi connectivity index (χ3n) is 7.40. The van der Waals surface area contributed by atoms with Gasteiger partial charge in [0, 0.05) is 29.7 Å².